The Morgan fingerprint density at radius 3 is 2.00 bits per heavy atom. The fourth-order valence-corrected chi connectivity index (χ4v) is 2.81. The molecule has 1 aromatic carbocycles. The minimum atomic E-state index is -0.0253. The van der Waals surface area contributed by atoms with Gasteiger partial charge in [-0.1, -0.05) is 59.6 Å². The van der Waals surface area contributed by atoms with Crippen molar-refractivity contribution in [1.82, 2.24) is 4.90 Å². The number of hydrogen-bond acceptors (Lipinski definition) is 2. The van der Waals surface area contributed by atoms with Crippen molar-refractivity contribution in [3.8, 4) is 5.75 Å². The van der Waals surface area contributed by atoms with Gasteiger partial charge >= 0.3 is 0 Å². The lowest BCUT2D eigenvalue weighted by Crippen LogP contribution is -2.26. The summed E-state index contributed by atoms with van der Waals surface area (Å²) in [7, 11) is 0. The average Bonchev–Trinajstić information content (AvgIpc) is 2.44. The molecule has 22 heavy (non-hydrogen) atoms. The van der Waals surface area contributed by atoms with Crippen molar-refractivity contribution in [2.45, 2.75) is 79.2 Å². The Kier molecular flexibility index (Phi) is 7.41. The van der Waals surface area contributed by atoms with Crippen LogP contribution in [0.4, 0.5) is 0 Å². The van der Waals surface area contributed by atoms with E-state index in [1.165, 1.54) is 44.3 Å². The van der Waals surface area contributed by atoms with E-state index in [1.54, 1.807) is 0 Å². The topological polar surface area (TPSA) is 23.5 Å². The van der Waals surface area contributed by atoms with E-state index in [-0.39, 0.29) is 5.41 Å². The van der Waals surface area contributed by atoms with Crippen molar-refractivity contribution in [3.05, 3.63) is 28.8 Å². The summed E-state index contributed by atoms with van der Waals surface area (Å²) in [5.74, 6) is 0.463. The van der Waals surface area contributed by atoms with Gasteiger partial charge in [0.2, 0.25) is 0 Å². The maximum atomic E-state index is 10.4. The van der Waals surface area contributed by atoms with Crippen LogP contribution in [0.3, 0.4) is 0 Å². The third kappa shape index (κ3) is 5.64. The molecule has 0 saturated heterocycles. The highest BCUT2D eigenvalue weighted by Gasteiger charge is 2.20. The summed E-state index contributed by atoms with van der Waals surface area (Å²) >= 11 is 0. The molecule has 126 valence electrons. The third-order valence-corrected chi connectivity index (χ3v) is 4.23. The smallest absolute Gasteiger partial charge is 0.122 e. The highest BCUT2D eigenvalue weighted by molar-refractivity contribution is 5.46. The van der Waals surface area contributed by atoms with Crippen molar-refractivity contribution in [3.63, 3.8) is 0 Å². The van der Waals surface area contributed by atoms with Gasteiger partial charge in [-0.15, -0.1) is 0 Å². The number of nitrogens with zero attached hydrogens (tertiary/aromatic N) is 1. The van der Waals surface area contributed by atoms with Gasteiger partial charge in [0.05, 0.1) is 0 Å². The van der Waals surface area contributed by atoms with E-state index in [0.717, 1.165) is 17.7 Å². The first-order chi connectivity index (χ1) is 10.3. The molecule has 0 unspecified atom stereocenters. The predicted octanol–water partition coefficient (Wildman–Crippen LogP) is 5.40. The van der Waals surface area contributed by atoms with Crippen molar-refractivity contribution in [2.24, 2.45) is 0 Å². The van der Waals surface area contributed by atoms with Crippen LogP contribution < -0.4 is 0 Å². The first kappa shape index (κ1) is 19.0. The van der Waals surface area contributed by atoms with Gasteiger partial charge in [-0.25, -0.2) is 0 Å². The molecule has 2 heteroatoms. The number of phenols is 1. The van der Waals surface area contributed by atoms with Crippen molar-refractivity contribution in [2.75, 3.05) is 13.1 Å². The molecule has 0 heterocycles. The van der Waals surface area contributed by atoms with Crippen LogP contribution in [0, 0.1) is 6.92 Å². The van der Waals surface area contributed by atoms with Gasteiger partial charge in [-0.2, -0.15) is 0 Å². The highest BCUT2D eigenvalue weighted by atomic mass is 16.3. The quantitative estimate of drug-likeness (QED) is 0.695. The third-order valence-electron chi connectivity index (χ3n) is 4.23. The van der Waals surface area contributed by atoms with Crippen LogP contribution in [0.1, 0.15) is 77.0 Å². The second-order valence-electron chi connectivity index (χ2n) is 7.54. The summed E-state index contributed by atoms with van der Waals surface area (Å²) in [6, 6.07) is 4.35. The Hall–Kier alpha value is -1.02. The summed E-state index contributed by atoms with van der Waals surface area (Å²) < 4.78 is 0. The molecule has 1 N–H and O–H groups in total. The fourth-order valence-electron chi connectivity index (χ4n) is 2.81. The molecule has 0 spiro atoms. The molecule has 0 bridgehead atoms. The summed E-state index contributed by atoms with van der Waals surface area (Å²) in [5, 5.41) is 10.4. The van der Waals surface area contributed by atoms with Gasteiger partial charge in [-0.3, -0.25) is 4.90 Å². The van der Waals surface area contributed by atoms with E-state index in [9.17, 15) is 5.11 Å². The van der Waals surface area contributed by atoms with Crippen LogP contribution >= 0.6 is 0 Å². The van der Waals surface area contributed by atoms with Crippen LogP contribution in [0.2, 0.25) is 0 Å². The standard InChI is InChI=1S/C20H35NO/c1-7-9-11-21(12-10-8-2)15-17-13-16(3)19(22)18(14-17)20(4,5)6/h13-14,22H,7-12,15H2,1-6H3. The Labute approximate surface area is 137 Å². The Morgan fingerprint density at radius 1 is 1.00 bits per heavy atom. The zero-order valence-electron chi connectivity index (χ0n) is 15.5. The molecule has 2 nitrogen and oxygen atoms in total. The highest BCUT2D eigenvalue weighted by Crippen LogP contribution is 2.34. The lowest BCUT2D eigenvalue weighted by atomic mass is 9.84. The zero-order valence-corrected chi connectivity index (χ0v) is 15.5. The number of phenolic OH excluding ortho intramolecular Hbond substituents is 1. The SMILES string of the molecule is CCCCN(CCCC)Cc1cc(C)c(O)c(C(C)(C)C)c1. The molecule has 0 saturated carbocycles. The van der Waals surface area contributed by atoms with E-state index in [2.05, 4.69) is 51.7 Å². The van der Waals surface area contributed by atoms with Gasteiger partial charge in [0.1, 0.15) is 5.75 Å². The van der Waals surface area contributed by atoms with Gasteiger partial charge < -0.3 is 5.11 Å². The maximum absolute atomic E-state index is 10.4. The van der Waals surface area contributed by atoms with E-state index in [1.807, 2.05) is 6.92 Å². The van der Waals surface area contributed by atoms with Crippen molar-refractivity contribution < 1.29 is 5.11 Å². The van der Waals surface area contributed by atoms with Gasteiger partial charge in [0, 0.05) is 6.54 Å². The van der Waals surface area contributed by atoms with Gasteiger partial charge in [-0.05, 0) is 55.0 Å². The zero-order chi connectivity index (χ0) is 16.8. The van der Waals surface area contributed by atoms with Crippen LogP contribution in [0.15, 0.2) is 12.1 Å². The molecular formula is C20H35NO. The largest absolute Gasteiger partial charge is 0.507 e. The molecule has 0 radical (unpaired) electrons. The summed E-state index contributed by atoms with van der Waals surface area (Å²) in [5.41, 5.74) is 3.36. The molecule has 0 aliphatic rings. The van der Waals surface area contributed by atoms with Gasteiger partial charge in [0.25, 0.3) is 0 Å². The molecule has 0 fully saturated rings. The molecule has 1 aromatic rings. The lowest BCUT2D eigenvalue weighted by molar-refractivity contribution is 0.257. The number of rotatable bonds is 8. The van der Waals surface area contributed by atoms with E-state index < -0.39 is 0 Å². The molecule has 1 rings (SSSR count). The summed E-state index contributed by atoms with van der Waals surface area (Å²) in [4.78, 5) is 2.56. The molecule has 0 amide bonds. The van der Waals surface area contributed by atoms with Crippen molar-refractivity contribution >= 4 is 0 Å². The molecule has 0 aromatic heterocycles. The summed E-state index contributed by atoms with van der Waals surface area (Å²) in [6.45, 7) is 16.3. The molecule has 0 aliphatic carbocycles. The van der Waals surface area contributed by atoms with E-state index in [0.29, 0.717) is 5.75 Å². The fraction of sp³-hybridized carbons (Fsp3) is 0.700. The first-order valence-electron chi connectivity index (χ1n) is 8.84. The van der Waals surface area contributed by atoms with E-state index in [4.69, 9.17) is 0 Å². The molecule has 0 atom stereocenters. The Balaban J connectivity index is 2.96. The Morgan fingerprint density at radius 2 is 1.55 bits per heavy atom. The maximum Gasteiger partial charge on any atom is 0.122 e. The minimum absolute atomic E-state index is 0.0253. The van der Waals surface area contributed by atoms with E-state index >= 15 is 0 Å². The number of hydrogen-bond donors (Lipinski definition) is 1. The first-order valence-corrected chi connectivity index (χ1v) is 8.84. The van der Waals surface area contributed by atoms with Crippen LogP contribution in [0.5, 0.6) is 5.75 Å². The number of benzene rings is 1. The Bertz CT molecular complexity index is 452. The minimum Gasteiger partial charge on any atom is -0.507 e. The van der Waals surface area contributed by atoms with Crippen LogP contribution in [-0.4, -0.2) is 23.1 Å². The second kappa shape index (κ2) is 8.57. The van der Waals surface area contributed by atoms with Crippen LogP contribution in [-0.2, 0) is 12.0 Å². The monoisotopic (exact) mass is 305 g/mol. The van der Waals surface area contributed by atoms with Crippen LogP contribution in [0.25, 0.3) is 0 Å². The number of aryl methyl sites for hydroxylation is 1. The lowest BCUT2D eigenvalue weighted by Gasteiger charge is -2.26. The molecule has 0 aliphatic heterocycles. The van der Waals surface area contributed by atoms with Gasteiger partial charge in [0.15, 0.2) is 0 Å². The predicted molar refractivity (Wildman–Crippen MR) is 96.6 cm³/mol. The summed E-state index contributed by atoms with van der Waals surface area (Å²) in [6.07, 6.45) is 4.99. The molecular weight excluding hydrogens is 270 g/mol. The normalized spacial score (nSPS) is 12.1. The van der Waals surface area contributed by atoms with Crippen molar-refractivity contribution in [1.29, 1.82) is 0 Å². The second-order valence-corrected chi connectivity index (χ2v) is 7.54. The number of unbranched alkanes of at least 4 members (excludes halogenated alkanes) is 2. The average molecular weight is 306 g/mol. The number of aromatic hydroxyl groups is 1.